The highest BCUT2D eigenvalue weighted by Gasteiger charge is 2.15. The highest BCUT2D eigenvalue weighted by atomic mass is 19.2. The number of hydrogen-bond acceptors (Lipinski definition) is 4. The van der Waals surface area contributed by atoms with Crippen molar-refractivity contribution < 1.29 is 23.1 Å². The predicted octanol–water partition coefficient (Wildman–Crippen LogP) is 0.668. The molecular weight excluding hydrogens is 222 g/mol. The van der Waals surface area contributed by atoms with Crippen LogP contribution in [0.1, 0.15) is 10.4 Å². The lowest BCUT2D eigenvalue weighted by Crippen LogP contribution is -2.26. The molecule has 1 heterocycles. The van der Waals surface area contributed by atoms with Gasteiger partial charge in [0.05, 0.1) is 18.8 Å². The van der Waals surface area contributed by atoms with E-state index >= 15 is 0 Å². The first-order valence-corrected chi connectivity index (χ1v) is 4.38. The van der Waals surface area contributed by atoms with Crippen LogP contribution in [0.4, 0.5) is 8.78 Å². The Balaban J connectivity index is 2.56. The maximum absolute atomic E-state index is 13.0. The molecule has 0 spiro atoms. The van der Waals surface area contributed by atoms with Gasteiger partial charge in [-0.25, -0.2) is 14.9 Å². The monoisotopic (exact) mass is 232 g/mol. The van der Waals surface area contributed by atoms with Crippen LogP contribution in [0.25, 0.3) is 0 Å². The van der Waals surface area contributed by atoms with Gasteiger partial charge in [-0.1, -0.05) is 0 Å². The van der Waals surface area contributed by atoms with Crippen LogP contribution in [-0.2, 0) is 9.57 Å². The summed E-state index contributed by atoms with van der Waals surface area (Å²) in [6.45, 7) is 0.380. The number of hydroxylamine groups is 1. The van der Waals surface area contributed by atoms with Gasteiger partial charge in [-0.2, -0.15) is 4.39 Å². The number of nitrogens with zero attached hydrogens (tertiary/aromatic N) is 1. The van der Waals surface area contributed by atoms with Crippen LogP contribution in [0.15, 0.2) is 12.3 Å². The summed E-state index contributed by atoms with van der Waals surface area (Å²) in [4.78, 5) is 19.0. The van der Waals surface area contributed by atoms with Crippen molar-refractivity contribution in [2.45, 2.75) is 0 Å². The molecule has 0 aliphatic heterocycles. The van der Waals surface area contributed by atoms with Gasteiger partial charge < -0.3 is 4.74 Å². The van der Waals surface area contributed by atoms with Gasteiger partial charge >= 0.3 is 0 Å². The number of amides is 1. The van der Waals surface area contributed by atoms with Gasteiger partial charge in [0, 0.05) is 13.3 Å². The molecule has 88 valence electrons. The molecule has 0 fully saturated rings. The van der Waals surface area contributed by atoms with Gasteiger partial charge in [0.1, 0.15) is 0 Å². The highest BCUT2D eigenvalue weighted by molar-refractivity contribution is 5.93. The van der Waals surface area contributed by atoms with E-state index in [1.165, 1.54) is 7.11 Å². The molecule has 0 radical (unpaired) electrons. The molecule has 1 aromatic rings. The Morgan fingerprint density at radius 2 is 2.25 bits per heavy atom. The zero-order valence-corrected chi connectivity index (χ0v) is 8.50. The maximum Gasteiger partial charge on any atom is 0.278 e. The van der Waals surface area contributed by atoms with Crippen molar-refractivity contribution >= 4 is 5.91 Å². The molecule has 1 amide bonds. The van der Waals surface area contributed by atoms with Crippen molar-refractivity contribution in [3.63, 3.8) is 0 Å². The predicted molar refractivity (Wildman–Crippen MR) is 49.4 cm³/mol. The van der Waals surface area contributed by atoms with E-state index in [0.29, 0.717) is 0 Å². The van der Waals surface area contributed by atoms with Crippen LogP contribution in [0.3, 0.4) is 0 Å². The first kappa shape index (κ1) is 12.5. The standard InChI is InChI=1S/C9H10F2N2O3/c1-15-4-5-16-13-9(14)6-2-3-12-8(11)7(6)10/h2-3H,4-5H2,1H3,(H,13,14). The molecule has 0 aliphatic rings. The van der Waals surface area contributed by atoms with E-state index in [2.05, 4.69) is 14.6 Å². The number of hydrogen-bond donors (Lipinski definition) is 1. The molecule has 0 saturated heterocycles. The van der Waals surface area contributed by atoms with Crippen LogP contribution in [0.2, 0.25) is 0 Å². The summed E-state index contributed by atoms with van der Waals surface area (Å²) < 4.78 is 30.4. The molecule has 0 aromatic carbocycles. The van der Waals surface area contributed by atoms with Gasteiger partial charge in [0.2, 0.25) is 5.95 Å². The lowest BCUT2D eigenvalue weighted by Gasteiger charge is -2.05. The van der Waals surface area contributed by atoms with E-state index in [9.17, 15) is 13.6 Å². The smallest absolute Gasteiger partial charge is 0.278 e. The summed E-state index contributed by atoms with van der Waals surface area (Å²) in [5.74, 6) is -3.52. The van der Waals surface area contributed by atoms with Crippen LogP contribution in [0, 0.1) is 11.8 Å². The lowest BCUT2D eigenvalue weighted by atomic mass is 10.2. The molecule has 1 aromatic heterocycles. The third-order valence-electron chi connectivity index (χ3n) is 1.65. The maximum atomic E-state index is 13.0. The molecule has 0 saturated carbocycles. The summed E-state index contributed by atoms with van der Waals surface area (Å²) in [6, 6.07) is 1.05. The second-order valence-electron chi connectivity index (χ2n) is 2.74. The fourth-order valence-electron chi connectivity index (χ4n) is 0.890. The summed E-state index contributed by atoms with van der Waals surface area (Å²) in [7, 11) is 1.46. The molecule has 0 atom stereocenters. The van der Waals surface area contributed by atoms with Crippen molar-refractivity contribution in [3.05, 3.63) is 29.6 Å². The van der Waals surface area contributed by atoms with Gasteiger partial charge in [-0.3, -0.25) is 9.63 Å². The average molecular weight is 232 g/mol. The topological polar surface area (TPSA) is 60.5 Å². The molecule has 0 unspecified atom stereocenters. The number of ether oxygens (including phenoxy) is 1. The van der Waals surface area contributed by atoms with Crippen molar-refractivity contribution in [1.29, 1.82) is 0 Å². The van der Waals surface area contributed by atoms with Crippen molar-refractivity contribution in [2.75, 3.05) is 20.3 Å². The SMILES string of the molecule is COCCONC(=O)c1ccnc(F)c1F. The quantitative estimate of drug-likeness (QED) is 0.460. The molecule has 0 aliphatic carbocycles. The average Bonchev–Trinajstić information content (AvgIpc) is 2.28. The van der Waals surface area contributed by atoms with Crippen LogP contribution < -0.4 is 5.48 Å². The molecule has 16 heavy (non-hydrogen) atoms. The summed E-state index contributed by atoms with van der Waals surface area (Å²) in [6.07, 6.45) is 0.989. The number of carbonyl (C=O) groups excluding carboxylic acids is 1. The minimum absolute atomic E-state index is 0.109. The highest BCUT2D eigenvalue weighted by Crippen LogP contribution is 2.08. The number of pyridine rings is 1. The van der Waals surface area contributed by atoms with Crippen LogP contribution >= 0.6 is 0 Å². The summed E-state index contributed by atoms with van der Waals surface area (Å²) in [5.41, 5.74) is 1.48. The van der Waals surface area contributed by atoms with Crippen LogP contribution in [0.5, 0.6) is 0 Å². The Kier molecular flexibility index (Phi) is 4.74. The van der Waals surface area contributed by atoms with E-state index in [-0.39, 0.29) is 13.2 Å². The number of carbonyl (C=O) groups is 1. The Labute approximate surface area is 90.3 Å². The third-order valence-corrected chi connectivity index (χ3v) is 1.65. The first-order chi connectivity index (χ1) is 7.66. The Morgan fingerprint density at radius 1 is 1.50 bits per heavy atom. The largest absolute Gasteiger partial charge is 0.382 e. The summed E-state index contributed by atoms with van der Waals surface area (Å²) >= 11 is 0. The van der Waals surface area contributed by atoms with Gasteiger partial charge in [0.15, 0.2) is 5.82 Å². The molecule has 1 rings (SSSR count). The van der Waals surface area contributed by atoms with Gasteiger partial charge in [-0.05, 0) is 6.07 Å². The number of rotatable bonds is 5. The first-order valence-electron chi connectivity index (χ1n) is 4.38. The Hall–Kier alpha value is -1.60. The zero-order valence-electron chi connectivity index (χ0n) is 8.50. The number of nitrogens with one attached hydrogen (secondary N) is 1. The van der Waals surface area contributed by atoms with E-state index in [1.54, 1.807) is 0 Å². The number of halogens is 2. The molecular formula is C9H10F2N2O3. The van der Waals surface area contributed by atoms with Crippen molar-refractivity contribution in [1.82, 2.24) is 10.5 Å². The van der Waals surface area contributed by atoms with E-state index in [1.807, 2.05) is 5.48 Å². The summed E-state index contributed by atoms with van der Waals surface area (Å²) in [5, 5.41) is 0. The minimum atomic E-state index is -1.33. The molecule has 0 bridgehead atoms. The van der Waals surface area contributed by atoms with Crippen LogP contribution in [-0.4, -0.2) is 31.2 Å². The second-order valence-corrected chi connectivity index (χ2v) is 2.74. The van der Waals surface area contributed by atoms with Gasteiger partial charge in [0.25, 0.3) is 5.91 Å². The van der Waals surface area contributed by atoms with E-state index in [0.717, 1.165) is 12.3 Å². The van der Waals surface area contributed by atoms with E-state index < -0.39 is 23.2 Å². The Morgan fingerprint density at radius 3 is 2.94 bits per heavy atom. The van der Waals surface area contributed by atoms with Crippen molar-refractivity contribution in [3.8, 4) is 0 Å². The minimum Gasteiger partial charge on any atom is -0.382 e. The van der Waals surface area contributed by atoms with E-state index in [4.69, 9.17) is 0 Å². The third kappa shape index (κ3) is 3.21. The molecule has 7 heteroatoms. The van der Waals surface area contributed by atoms with Crippen molar-refractivity contribution in [2.24, 2.45) is 0 Å². The second kappa shape index (κ2) is 6.09. The fraction of sp³-hybridized carbons (Fsp3) is 0.333. The zero-order chi connectivity index (χ0) is 12.0. The Bertz CT molecular complexity index is 374. The number of methoxy groups -OCH3 is 1. The number of aromatic nitrogens is 1. The molecule has 5 nitrogen and oxygen atoms in total. The fourth-order valence-corrected chi connectivity index (χ4v) is 0.890. The molecule has 1 N–H and O–H groups in total. The normalized spacial score (nSPS) is 10.2. The lowest BCUT2D eigenvalue weighted by molar-refractivity contribution is 0.00859. The van der Waals surface area contributed by atoms with Gasteiger partial charge in [-0.15, -0.1) is 0 Å².